The van der Waals surface area contributed by atoms with Gasteiger partial charge in [-0.15, -0.1) is 10.2 Å². The van der Waals surface area contributed by atoms with Gasteiger partial charge in [0.25, 0.3) is 0 Å². The summed E-state index contributed by atoms with van der Waals surface area (Å²) in [6, 6.07) is 23.9. The topological polar surface area (TPSA) is 59.8 Å². The predicted molar refractivity (Wildman–Crippen MR) is 121 cm³/mol. The Morgan fingerprint density at radius 2 is 1.61 bits per heavy atom. The molecule has 0 spiro atoms. The minimum Gasteiger partial charge on any atom is -0.325 e. The molecular formula is C24H19F3N4OS. The highest BCUT2D eigenvalue weighted by molar-refractivity contribution is 7.99. The predicted octanol–water partition coefficient (Wildman–Crippen LogP) is 5.61. The summed E-state index contributed by atoms with van der Waals surface area (Å²) in [7, 11) is 0. The highest BCUT2D eigenvalue weighted by Crippen LogP contribution is 2.31. The van der Waals surface area contributed by atoms with Crippen LogP contribution in [0.4, 0.5) is 18.9 Å². The first kappa shape index (κ1) is 22.6. The molecule has 1 amide bonds. The maximum Gasteiger partial charge on any atom is 0.416 e. The fraction of sp³-hybridized carbons (Fsp3) is 0.125. The summed E-state index contributed by atoms with van der Waals surface area (Å²) in [4.78, 5) is 12.4. The Balaban J connectivity index is 1.50. The van der Waals surface area contributed by atoms with Gasteiger partial charge in [-0.05, 0) is 35.9 Å². The van der Waals surface area contributed by atoms with Gasteiger partial charge in [0.1, 0.15) is 5.82 Å². The molecule has 0 aliphatic rings. The number of amides is 1. The van der Waals surface area contributed by atoms with Crippen LogP contribution in [0.25, 0.3) is 5.69 Å². The van der Waals surface area contributed by atoms with Gasteiger partial charge in [0.2, 0.25) is 5.91 Å². The van der Waals surface area contributed by atoms with E-state index in [9.17, 15) is 18.0 Å². The number of carbonyl (C=O) groups excluding carboxylic acids is 1. The van der Waals surface area contributed by atoms with Gasteiger partial charge in [0, 0.05) is 17.8 Å². The number of thioether (sulfide) groups is 1. The highest BCUT2D eigenvalue weighted by Gasteiger charge is 2.30. The van der Waals surface area contributed by atoms with Gasteiger partial charge in [-0.25, -0.2) is 0 Å². The molecule has 0 radical (unpaired) electrons. The molecule has 1 N–H and O–H groups in total. The zero-order valence-corrected chi connectivity index (χ0v) is 18.1. The molecule has 168 valence electrons. The molecule has 3 aromatic carbocycles. The normalized spacial score (nSPS) is 11.4. The lowest BCUT2D eigenvalue weighted by Gasteiger charge is -2.11. The highest BCUT2D eigenvalue weighted by atomic mass is 32.2. The van der Waals surface area contributed by atoms with E-state index in [0.717, 1.165) is 23.4 Å². The number of anilines is 1. The van der Waals surface area contributed by atoms with Crippen molar-refractivity contribution in [2.75, 3.05) is 11.1 Å². The van der Waals surface area contributed by atoms with E-state index in [1.165, 1.54) is 23.9 Å². The quantitative estimate of drug-likeness (QED) is 0.358. The van der Waals surface area contributed by atoms with Gasteiger partial charge in [-0.2, -0.15) is 13.2 Å². The van der Waals surface area contributed by atoms with Crippen molar-refractivity contribution >= 4 is 23.4 Å². The summed E-state index contributed by atoms with van der Waals surface area (Å²) in [6.07, 6.45) is -3.92. The van der Waals surface area contributed by atoms with Crippen LogP contribution in [0.1, 0.15) is 17.0 Å². The van der Waals surface area contributed by atoms with E-state index in [-0.39, 0.29) is 11.4 Å². The smallest absolute Gasteiger partial charge is 0.325 e. The average Bonchev–Trinajstić information content (AvgIpc) is 3.21. The molecule has 33 heavy (non-hydrogen) atoms. The monoisotopic (exact) mass is 468 g/mol. The van der Waals surface area contributed by atoms with Crippen LogP contribution in [0.3, 0.4) is 0 Å². The lowest BCUT2D eigenvalue weighted by atomic mass is 10.1. The van der Waals surface area contributed by atoms with Crippen molar-refractivity contribution in [3.63, 3.8) is 0 Å². The second-order valence-corrected chi connectivity index (χ2v) is 8.09. The molecule has 0 unspecified atom stereocenters. The Morgan fingerprint density at radius 3 is 2.30 bits per heavy atom. The van der Waals surface area contributed by atoms with Crippen LogP contribution in [-0.4, -0.2) is 26.4 Å². The first-order valence-electron chi connectivity index (χ1n) is 10.0. The van der Waals surface area contributed by atoms with Crippen molar-refractivity contribution in [2.24, 2.45) is 0 Å². The fourth-order valence-electron chi connectivity index (χ4n) is 3.22. The molecule has 0 saturated carbocycles. The summed E-state index contributed by atoms with van der Waals surface area (Å²) in [5.41, 5.74) is 1.20. The summed E-state index contributed by atoms with van der Waals surface area (Å²) in [5, 5.41) is 11.6. The van der Waals surface area contributed by atoms with Crippen molar-refractivity contribution in [1.29, 1.82) is 0 Å². The molecular weight excluding hydrogens is 449 g/mol. The molecule has 4 aromatic rings. The standard InChI is InChI=1S/C24H19F3N4OS/c25-24(26,27)18-10-7-11-19(15-18)28-22(32)16-33-23-30-29-21(14-17-8-3-1-4-9-17)31(23)20-12-5-2-6-13-20/h1-13,15H,14,16H2,(H,28,32). The number of para-hydroxylation sites is 1. The minimum atomic E-state index is -4.48. The van der Waals surface area contributed by atoms with E-state index in [1.54, 1.807) is 0 Å². The Hall–Kier alpha value is -3.59. The van der Waals surface area contributed by atoms with Crippen molar-refractivity contribution in [3.8, 4) is 5.69 Å². The van der Waals surface area contributed by atoms with Crippen LogP contribution >= 0.6 is 11.8 Å². The third-order valence-electron chi connectivity index (χ3n) is 4.73. The Morgan fingerprint density at radius 1 is 0.909 bits per heavy atom. The number of nitrogens with one attached hydrogen (secondary N) is 1. The first-order valence-corrected chi connectivity index (χ1v) is 11.0. The van der Waals surface area contributed by atoms with Crippen molar-refractivity contribution in [2.45, 2.75) is 17.8 Å². The Kier molecular flexibility index (Phi) is 6.79. The van der Waals surface area contributed by atoms with Crippen LogP contribution in [-0.2, 0) is 17.4 Å². The molecule has 0 aliphatic carbocycles. The molecule has 1 aromatic heterocycles. The van der Waals surface area contributed by atoms with Crippen LogP contribution in [0, 0.1) is 0 Å². The third kappa shape index (κ3) is 5.81. The Labute approximate surface area is 192 Å². The molecule has 0 aliphatic heterocycles. The van der Waals surface area contributed by atoms with Crippen LogP contribution in [0.5, 0.6) is 0 Å². The van der Waals surface area contributed by atoms with E-state index in [0.29, 0.717) is 17.4 Å². The SMILES string of the molecule is O=C(CSc1nnc(Cc2ccccc2)n1-c1ccccc1)Nc1cccc(C(F)(F)F)c1. The second kappa shape index (κ2) is 9.91. The van der Waals surface area contributed by atoms with E-state index >= 15 is 0 Å². The minimum absolute atomic E-state index is 0.0352. The number of alkyl halides is 3. The van der Waals surface area contributed by atoms with E-state index in [2.05, 4.69) is 15.5 Å². The average molecular weight is 469 g/mol. The van der Waals surface area contributed by atoms with Gasteiger partial charge in [-0.1, -0.05) is 66.4 Å². The molecule has 5 nitrogen and oxygen atoms in total. The van der Waals surface area contributed by atoms with E-state index < -0.39 is 17.6 Å². The molecule has 0 atom stereocenters. The van der Waals surface area contributed by atoms with Crippen molar-refractivity contribution < 1.29 is 18.0 Å². The van der Waals surface area contributed by atoms with E-state index in [1.807, 2.05) is 65.2 Å². The Bertz CT molecular complexity index is 1230. The zero-order chi connectivity index (χ0) is 23.3. The number of nitrogens with zero attached hydrogens (tertiary/aromatic N) is 3. The van der Waals surface area contributed by atoms with Gasteiger partial charge in [-0.3, -0.25) is 9.36 Å². The summed E-state index contributed by atoms with van der Waals surface area (Å²) < 4.78 is 40.6. The maximum absolute atomic E-state index is 12.9. The number of benzene rings is 3. The molecule has 0 fully saturated rings. The van der Waals surface area contributed by atoms with Crippen molar-refractivity contribution in [3.05, 3.63) is 102 Å². The second-order valence-electron chi connectivity index (χ2n) is 7.15. The summed E-state index contributed by atoms with van der Waals surface area (Å²) in [5.74, 6) is 0.242. The van der Waals surface area contributed by atoms with Crippen LogP contribution in [0.2, 0.25) is 0 Å². The molecule has 9 heteroatoms. The van der Waals surface area contributed by atoms with Crippen LogP contribution in [0.15, 0.2) is 90.1 Å². The summed E-state index contributed by atoms with van der Waals surface area (Å²) in [6.45, 7) is 0. The lowest BCUT2D eigenvalue weighted by Crippen LogP contribution is -2.15. The van der Waals surface area contributed by atoms with Crippen molar-refractivity contribution in [1.82, 2.24) is 14.8 Å². The van der Waals surface area contributed by atoms with Gasteiger partial charge >= 0.3 is 6.18 Å². The number of halogens is 3. The lowest BCUT2D eigenvalue weighted by molar-refractivity contribution is -0.137. The number of rotatable bonds is 7. The third-order valence-corrected chi connectivity index (χ3v) is 5.65. The number of hydrogen-bond acceptors (Lipinski definition) is 4. The first-order chi connectivity index (χ1) is 15.9. The fourth-order valence-corrected chi connectivity index (χ4v) is 3.99. The molecule has 1 heterocycles. The number of hydrogen-bond donors (Lipinski definition) is 1. The largest absolute Gasteiger partial charge is 0.416 e. The summed E-state index contributed by atoms with van der Waals surface area (Å²) >= 11 is 1.17. The van der Waals surface area contributed by atoms with Crippen LogP contribution < -0.4 is 5.32 Å². The number of carbonyl (C=O) groups is 1. The maximum atomic E-state index is 12.9. The number of aromatic nitrogens is 3. The zero-order valence-electron chi connectivity index (χ0n) is 17.3. The molecule has 0 bridgehead atoms. The van der Waals surface area contributed by atoms with Gasteiger partial charge < -0.3 is 5.32 Å². The molecule has 4 rings (SSSR count). The van der Waals surface area contributed by atoms with Gasteiger partial charge in [0.15, 0.2) is 5.16 Å². The van der Waals surface area contributed by atoms with Gasteiger partial charge in [0.05, 0.1) is 11.3 Å². The van der Waals surface area contributed by atoms with E-state index in [4.69, 9.17) is 0 Å². The molecule has 0 saturated heterocycles.